The molecular formula is C25H39N3. The minimum Gasteiger partial charge on any atom is -0.383 e. The molecular weight excluding hydrogens is 342 g/mol. The minimum atomic E-state index is 0.978. The summed E-state index contributed by atoms with van der Waals surface area (Å²) in [4.78, 5) is 2.40. The molecule has 0 spiro atoms. The highest BCUT2D eigenvalue weighted by Gasteiger charge is 2.08. The Morgan fingerprint density at radius 1 is 0.607 bits per heavy atom. The van der Waals surface area contributed by atoms with Crippen LogP contribution in [0.15, 0.2) is 36.4 Å². The van der Waals surface area contributed by atoms with Crippen molar-refractivity contribution in [3.8, 4) is 0 Å². The van der Waals surface area contributed by atoms with Crippen molar-refractivity contribution < 1.29 is 0 Å². The molecule has 0 aliphatic carbocycles. The fourth-order valence-electron chi connectivity index (χ4n) is 3.79. The second-order valence-corrected chi connectivity index (χ2v) is 7.47. The van der Waals surface area contributed by atoms with Crippen molar-refractivity contribution in [1.29, 1.82) is 0 Å². The summed E-state index contributed by atoms with van der Waals surface area (Å²) in [5.74, 6) is 0. The van der Waals surface area contributed by atoms with Crippen LogP contribution in [0.1, 0.15) is 49.9 Å². The molecule has 0 amide bonds. The lowest BCUT2D eigenvalue weighted by atomic mass is 10.0. The fraction of sp³-hybridized carbons (Fsp3) is 0.520. The normalized spacial score (nSPS) is 11.1. The van der Waals surface area contributed by atoms with Gasteiger partial charge in [-0.1, -0.05) is 64.1 Å². The molecule has 2 aromatic rings. The van der Waals surface area contributed by atoms with Crippen LogP contribution in [0.4, 0.5) is 11.4 Å². The van der Waals surface area contributed by atoms with Crippen LogP contribution in [0.2, 0.25) is 0 Å². The van der Waals surface area contributed by atoms with Crippen LogP contribution in [0, 0.1) is 0 Å². The van der Waals surface area contributed by atoms with Gasteiger partial charge in [0.25, 0.3) is 0 Å². The summed E-state index contributed by atoms with van der Waals surface area (Å²) in [6.45, 7) is 13.0. The molecule has 2 aromatic carbocycles. The summed E-state index contributed by atoms with van der Waals surface area (Å²) in [5, 5.41) is 7.39. The van der Waals surface area contributed by atoms with E-state index in [1.54, 1.807) is 0 Å². The van der Waals surface area contributed by atoms with Crippen LogP contribution in [0.5, 0.6) is 0 Å². The van der Waals surface area contributed by atoms with E-state index >= 15 is 0 Å². The monoisotopic (exact) mass is 381 g/mol. The number of benzene rings is 2. The summed E-state index contributed by atoms with van der Waals surface area (Å²) < 4.78 is 0. The first kappa shape index (κ1) is 22.3. The van der Waals surface area contributed by atoms with E-state index in [0.29, 0.717) is 0 Å². The van der Waals surface area contributed by atoms with Crippen molar-refractivity contribution >= 4 is 11.4 Å². The van der Waals surface area contributed by atoms with Gasteiger partial charge in [0, 0.05) is 37.6 Å². The van der Waals surface area contributed by atoms with Crippen molar-refractivity contribution in [2.75, 3.05) is 43.9 Å². The maximum atomic E-state index is 3.70. The average Bonchev–Trinajstić information content (AvgIpc) is 2.73. The smallest absolute Gasteiger partial charge is 0.0405 e. The van der Waals surface area contributed by atoms with E-state index in [-0.39, 0.29) is 0 Å². The summed E-state index contributed by atoms with van der Waals surface area (Å²) in [6.07, 6.45) is 4.30. The Morgan fingerprint density at radius 2 is 0.929 bits per heavy atom. The van der Waals surface area contributed by atoms with E-state index in [2.05, 4.69) is 86.7 Å². The lowest BCUT2D eigenvalue weighted by Crippen LogP contribution is -2.30. The molecule has 0 aliphatic heterocycles. The van der Waals surface area contributed by atoms with E-state index in [0.717, 1.165) is 51.9 Å². The second-order valence-electron chi connectivity index (χ2n) is 7.47. The summed E-state index contributed by atoms with van der Waals surface area (Å²) >= 11 is 0. The predicted octanol–water partition coefficient (Wildman–Crippen LogP) is 5.39. The van der Waals surface area contributed by atoms with Crippen molar-refractivity contribution in [2.45, 2.75) is 53.4 Å². The predicted molar refractivity (Wildman–Crippen MR) is 125 cm³/mol. The highest BCUT2D eigenvalue weighted by molar-refractivity contribution is 5.58. The maximum Gasteiger partial charge on any atom is 0.0405 e. The van der Waals surface area contributed by atoms with Crippen molar-refractivity contribution in [3.05, 3.63) is 58.7 Å². The molecule has 3 heteroatoms. The highest BCUT2D eigenvalue weighted by atomic mass is 15.1. The molecule has 0 bridgehead atoms. The Morgan fingerprint density at radius 3 is 1.21 bits per heavy atom. The molecule has 2 N–H and O–H groups in total. The standard InChI is InChI=1S/C25H39N3/c1-6-20-12-10-13-21(7-2)24(20)26-16-18-28(5)19-17-27-25-22(8-3)14-11-15-23(25)9-4/h10-15,26-27H,6-9,16-19H2,1-5H3. The second kappa shape index (κ2) is 11.8. The fourth-order valence-corrected chi connectivity index (χ4v) is 3.79. The first-order chi connectivity index (χ1) is 13.6. The average molecular weight is 382 g/mol. The molecule has 28 heavy (non-hydrogen) atoms. The van der Waals surface area contributed by atoms with Gasteiger partial charge in [-0.25, -0.2) is 0 Å². The third-order valence-corrected chi connectivity index (χ3v) is 5.59. The number of para-hydroxylation sites is 2. The van der Waals surface area contributed by atoms with E-state index in [1.807, 2.05) is 0 Å². The van der Waals surface area contributed by atoms with Crippen LogP contribution in [-0.4, -0.2) is 38.1 Å². The number of hydrogen-bond donors (Lipinski definition) is 2. The number of aryl methyl sites for hydroxylation is 4. The number of anilines is 2. The molecule has 0 saturated carbocycles. The zero-order valence-electron chi connectivity index (χ0n) is 18.6. The highest BCUT2D eigenvalue weighted by Crippen LogP contribution is 2.23. The third-order valence-electron chi connectivity index (χ3n) is 5.59. The molecule has 3 nitrogen and oxygen atoms in total. The first-order valence-electron chi connectivity index (χ1n) is 11.0. The molecule has 0 unspecified atom stereocenters. The van der Waals surface area contributed by atoms with Gasteiger partial charge in [0.1, 0.15) is 0 Å². The van der Waals surface area contributed by atoms with Gasteiger partial charge in [0.2, 0.25) is 0 Å². The number of hydrogen-bond acceptors (Lipinski definition) is 3. The van der Waals surface area contributed by atoms with Gasteiger partial charge in [-0.15, -0.1) is 0 Å². The Balaban J connectivity index is 1.83. The number of nitrogens with one attached hydrogen (secondary N) is 2. The van der Waals surface area contributed by atoms with Crippen LogP contribution < -0.4 is 10.6 Å². The third kappa shape index (κ3) is 6.00. The van der Waals surface area contributed by atoms with Gasteiger partial charge in [0.05, 0.1) is 0 Å². The van der Waals surface area contributed by atoms with Gasteiger partial charge in [0.15, 0.2) is 0 Å². The maximum absolute atomic E-state index is 3.70. The molecule has 2 rings (SSSR count). The van der Waals surface area contributed by atoms with Gasteiger partial charge in [-0.2, -0.15) is 0 Å². The summed E-state index contributed by atoms with van der Waals surface area (Å²) in [6, 6.07) is 13.3. The zero-order valence-corrected chi connectivity index (χ0v) is 18.6. The van der Waals surface area contributed by atoms with E-state index < -0.39 is 0 Å². The zero-order chi connectivity index (χ0) is 20.4. The first-order valence-corrected chi connectivity index (χ1v) is 11.0. The lowest BCUT2D eigenvalue weighted by Gasteiger charge is -2.21. The topological polar surface area (TPSA) is 27.3 Å². The SMILES string of the molecule is CCc1cccc(CC)c1NCCN(C)CCNc1c(CC)cccc1CC. The van der Waals surface area contributed by atoms with Gasteiger partial charge in [-0.05, 0) is 55.0 Å². The van der Waals surface area contributed by atoms with E-state index in [9.17, 15) is 0 Å². The van der Waals surface area contributed by atoms with Crippen LogP contribution in [0.3, 0.4) is 0 Å². The molecule has 154 valence electrons. The van der Waals surface area contributed by atoms with Crippen LogP contribution in [0.25, 0.3) is 0 Å². The molecule has 0 fully saturated rings. The molecule has 0 radical (unpaired) electrons. The van der Waals surface area contributed by atoms with E-state index in [1.165, 1.54) is 33.6 Å². The number of likely N-dealkylation sites (N-methyl/N-ethyl adjacent to an activating group) is 1. The van der Waals surface area contributed by atoms with E-state index in [4.69, 9.17) is 0 Å². The largest absolute Gasteiger partial charge is 0.383 e. The van der Waals surface area contributed by atoms with Gasteiger partial charge < -0.3 is 15.5 Å². The Hall–Kier alpha value is -2.00. The van der Waals surface area contributed by atoms with Crippen molar-refractivity contribution in [2.24, 2.45) is 0 Å². The minimum absolute atomic E-state index is 0.978. The van der Waals surface area contributed by atoms with Gasteiger partial charge >= 0.3 is 0 Å². The number of nitrogens with zero attached hydrogens (tertiary/aromatic N) is 1. The molecule has 0 aromatic heterocycles. The quantitative estimate of drug-likeness (QED) is 0.516. The molecule has 0 heterocycles. The molecule has 0 aliphatic rings. The Labute approximate surface area is 172 Å². The number of rotatable bonds is 12. The summed E-state index contributed by atoms with van der Waals surface area (Å²) in [5.41, 5.74) is 8.39. The molecule has 0 atom stereocenters. The molecule has 0 saturated heterocycles. The Bertz CT molecular complexity index is 618. The summed E-state index contributed by atoms with van der Waals surface area (Å²) in [7, 11) is 2.21. The van der Waals surface area contributed by atoms with Crippen molar-refractivity contribution in [3.63, 3.8) is 0 Å². The Kier molecular flexibility index (Phi) is 9.36. The van der Waals surface area contributed by atoms with Crippen LogP contribution in [-0.2, 0) is 25.7 Å². The van der Waals surface area contributed by atoms with Crippen molar-refractivity contribution in [1.82, 2.24) is 4.90 Å². The van der Waals surface area contributed by atoms with Crippen LogP contribution >= 0.6 is 0 Å². The van der Waals surface area contributed by atoms with Gasteiger partial charge in [-0.3, -0.25) is 0 Å². The lowest BCUT2D eigenvalue weighted by molar-refractivity contribution is 0.360.